The number of hydrogen-bond acceptors (Lipinski definition) is 3. The minimum absolute atomic E-state index is 0.634. The molecule has 0 amide bonds. The lowest BCUT2D eigenvalue weighted by Gasteiger charge is -2.51. The number of benzene rings is 1. The maximum absolute atomic E-state index is 9.19. The van der Waals surface area contributed by atoms with E-state index in [1.54, 1.807) is 0 Å². The lowest BCUT2D eigenvalue weighted by atomic mass is 9.81. The SMILES string of the molecule is CCNC1CC2CCCC(C1)N2c1cc(C#N)ccc1C. The Morgan fingerprint density at radius 1 is 1.29 bits per heavy atom. The molecule has 3 nitrogen and oxygen atoms in total. The summed E-state index contributed by atoms with van der Waals surface area (Å²) in [5.74, 6) is 0. The van der Waals surface area contributed by atoms with Gasteiger partial charge in [-0.2, -0.15) is 5.26 Å². The molecular weight excluding hydrogens is 258 g/mol. The Bertz CT molecular complexity index is 532. The van der Waals surface area contributed by atoms with Crippen molar-refractivity contribution in [3.8, 4) is 6.07 Å². The van der Waals surface area contributed by atoms with Crippen LogP contribution in [-0.2, 0) is 0 Å². The average molecular weight is 283 g/mol. The fourth-order valence-electron chi connectivity index (χ4n) is 4.19. The molecule has 2 atom stereocenters. The van der Waals surface area contributed by atoms with Gasteiger partial charge >= 0.3 is 0 Å². The van der Waals surface area contributed by atoms with Crippen molar-refractivity contribution in [1.82, 2.24) is 5.32 Å². The molecule has 3 rings (SSSR count). The lowest BCUT2D eigenvalue weighted by molar-refractivity contribution is 0.247. The summed E-state index contributed by atoms with van der Waals surface area (Å²) < 4.78 is 0. The van der Waals surface area contributed by atoms with Gasteiger partial charge in [0, 0.05) is 23.8 Å². The van der Waals surface area contributed by atoms with E-state index >= 15 is 0 Å². The number of aryl methyl sites for hydroxylation is 1. The number of anilines is 1. The average Bonchev–Trinajstić information content (AvgIpc) is 2.47. The molecule has 2 fully saturated rings. The van der Waals surface area contributed by atoms with Crippen molar-refractivity contribution in [2.24, 2.45) is 0 Å². The second-order valence-corrected chi connectivity index (χ2v) is 6.48. The van der Waals surface area contributed by atoms with E-state index in [-0.39, 0.29) is 0 Å². The van der Waals surface area contributed by atoms with E-state index < -0.39 is 0 Å². The van der Waals surface area contributed by atoms with Gasteiger partial charge in [0.2, 0.25) is 0 Å². The van der Waals surface area contributed by atoms with Crippen molar-refractivity contribution in [2.75, 3.05) is 11.4 Å². The summed E-state index contributed by atoms with van der Waals surface area (Å²) in [6.45, 7) is 5.43. The fourth-order valence-corrected chi connectivity index (χ4v) is 4.19. The van der Waals surface area contributed by atoms with Gasteiger partial charge in [0.1, 0.15) is 0 Å². The number of hydrogen-bond donors (Lipinski definition) is 1. The predicted molar refractivity (Wildman–Crippen MR) is 86.5 cm³/mol. The standard InChI is InChI=1S/C18H25N3/c1-3-20-15-10-16-5-4-6-17(11-15)21(16)18-9-14(12-19)8-7-13(18)2/h7-9,15-17,20H,3-6,10-11H2,1-2H3. The van der Waals surface area contributed by atoms with Crippen LogP contribution in [0, 0.1) is 18.3 Å². The summed E-state index contributed by atoms with van der Waals surface area (Å²) in [5, 5.41) is 12.8. The normalized spacial score (nSPS) is 28.2. The van der Waals surface area contributed by atoms with Crippen molar-refractivity contribution in [2.45, 2.75) is 64.1 Å². The molecule has 2 aliphatic rings. The third kappa shape index (κ3) is 2.78. The molecule has 0 aliphatic carbocycles. The first kappa shape index (κ1) is 14.4. The molecule has 1 N–H and O–H groups in total. The van der Waals surface area contributed by atoms with E-state index in [0.29, 0.717) is 18.1 Å². The topological polar surface area (TPSA) is 39.1 Å². The van der Waals surface area contributed by atoms with Crippen molar-refractivity contribution in [3.63, 3.8) is 0 Å². The maximum Gasteiger partial charge on any atom is 0.0992 e. The Hall–Kier alpha value is -1.53. The van der Waals surface area contributed by atoms with Gasteiger partial charge in [0.25, 0.3) is 0 Å². The van der Waals surface area contributed by atoms with Crippen LogP contribution in [0.3, 0.4) is 0 Å². The van der Waals surface area contributed by atoms with E-state index in [0.717, 1.165) is 12.1 Å². The van der Waals surface area contributed by atoms with Crippen LogP contribution in [0.2, 0.25) is 0 Å². The molecule has 2 unspecified atom stereocenters. The second-order valence-electron chi connectivity index (χ2n) is 6.48. The highest BCUT2D eigenvalue weighted by atomic mass is 15.2. The van der Waals surface area contributed by atoms with Crippen LogP contribution in [0.4, 0.5) is 5.69 Å². The zero-order valence-electron chi connectivity index (χ0n) is 13.1. The van der Waals surface area contributed by atoms with Gasteiger partial charge in [-0.25, -0.2) is 0 Å². The maximum atomic E-state index is 9.19. The highest BCUT2D eigenvalue weighted by Crippen LogP contribution is 2.39. The van der Waals surface area contributed by atoms with Crippen LogP contribution in [0.5, 0.6) is 0 Å². The first-order valence-electron chi connectivity index (χ1n) is 8.25. The molecule has 0 spiro atoms. The third-order valence-electron chi connectivity index (χ3n) is 5.08. The Morgan fingerprint density at radius 2 is 2.00 bits per heavy atom. The molecule has 1 aromatic rings. The van der Waals surface area contributed by atoms with Crippen LogP contribution >= 0.6 is 0 Å². The van der Waals surface area contributed by atoms with E-state index in [1.807, 2.05) is 6.07 Å². The van der Waals surface area contributed by atoms with Gasteiger partial charge < -0.3 is 10.2 Å². The van der Waals surface area contributed by atoms with Gasteiger partial charge in [0.15, 0.2) is 0 Å². The molecule has 0 saturated carbocycles. The van der Waals surface area contributed by atoms with Crippen molar-refractivity contribution in [1.29, 1.82) is 5.26 Å². The van der Waals surface area contributed by atoms with Crippen LogP contribution in [0.1, 0.15) is 50.2 Å². The molecule has 0 aromatic heterocycles. The zero-order valence-corrected chi connectivity index (χ0v) is 13.1. The zero-order chi connectivity index (χ0) is 14.8. The number of rotatable bonds is 3. The summed E-state index contributed by atoms with van der Waals surface area (Å²) in [6, 6.07) is 10.3. The highest BCUT2D eigenvalue weighted by molar-refractivity contribution is 5.59. The summed E-state index contributed by atoms with van der Waals surface area (Å²) in [5.41, 5.74) is 3.37. The largest absolute Gasteiger partial charge is 0.365 e. The summed E-state index contributed by atoms with van der Waals surface area (Å²) in [7, 11) is 0. The number of nitrogens with zero attached hydrogens (tertiary/aromatic N) is 2. The monoisotopic (exact) mass is 283 g/mol. The number of nitrogens with one attached hydrogen (secondary N) is 1. The summed E-state index contributed by atoms with van der Waals surface area (Å²) >= 11 is 0. The fraction of sp³-hybridized carbons (Fsp3) is 0.611. The van der Waals surface area contributed by atoms with E-state index in [2.05, 4.69) is 42.3 Å². The Morgan fingerprint density at radius 3 is 2.62 bits per heavy atom. The van der Waals surface area contributed by atoms with Gasteiger partial charge in [-0.15, -0.1) is 0 Å². The first-order chi connectivity index (χ1) is 10.2. The van der Waals surface area contributed by atoms with Gasteiger partial charge in [-0.3, -0.25) is 0 Å². The van der Waals surface area contributed by atoms with Gasteiger partial charge in [0.05, 0.1) is 11.6 Å². The number of fused-ring (bicyclic) bond motifs is 2. The van der Waals surface area contributed by atoms with Gasteiger partial charge in [-0.1, -0.05) is 13.0 Å². The van der Waals surface area contributed by atoms with Crippen molar-refractivity contribution < 1.29 is 0 Å². The molecule has 21 heavy (non-hydrogen) atoms. The molecule has 1 aromatic carbocycles. The third-order valence-corrected chi connectivity index (χ3v) is 5.08. The van der Waals surface area contributed by atoms with E-state index in [1.165, 1.54) is 43.4 Å². The number of nitriles is 1. The first-order valence-corrected chi connectivity index (χ1v) is 8.25. The Kier molecular flexibility index (Phi) is 4.17. The van der Waals surface area contributed by atoms with Crippen molar-refractivity contribution in [3.05, 3.63) is 29.3 Å². The van der Waals surface area contributed by atoms with Crippen molar-refractivity contribution >= 4 is 5.69 Å². The Labute approximate surface area is 128 Å². The molecule has 2 saturated heterocycles. The second kappa shape index (κ2) is 6.07. The minimum atomic E-state index is 0.634. The quantitative estimate of drug-likeness (QED) is 0.924. The number of piperidine rings is 2. The molecule has 112 valence electrons. The van der Waals surface area contributed by atoms with E-state index in [4.69, 9.17) is 0 Å². The van der Waals surface area contributed by atoms with E-state index in [9.17, 15) is 5.26 Å². The molecular formula is C18H25N3. The van der Waals surface area contributed by atoms with Gasteiger partial charge in [-0.05, 0) is 63.3 Å². The molecule has 0 radical (unpaired) electrons. The molecule has 2 bridgehead atoms. The van der Waals surface area contributed by atoms with Crippen LogP contribution < -0.4 is 10.2 Å². The molecule has 2 heterocycles. The smallest absolute Gasteiger partial charge is 0.0992 e. The molecule has 3 heteroatoms. The lowest BCUT2D eigenvalue weighted by Crippen LogP contribution is -2.56. The summed E-state index contributed by atoms with van der Waals surface area (Å²) in [6.07, 6.45) is 6.39. The minimum Gasteiger partial charge on any atom is -0.365 e. The predicted octanol–water partition coefficient (Wildman–Crippen LogP) is 3.37. The summed E-state index contributed by atoms with van der Waals surface area (Å²) in [4.78, 5) is 2.63. The van der Waals surface area contributed by atoms with Crippen LogP contribution in [0.15, 0.2) is 18.2 Å². The Balaban J connectivity index is 1.90. The van der Waals surface area contributed by atoms with Crippen LogP contribution in [-0.4, -0.2) is 24.7 Å². The molecule has 2 aliphatic heterocycles. The van der Waals surface area contributed by atoms with Crippen LogP contribution in [0.25, 0.3) is 0 Å². The highest BCUT2D eigenvalue weighted by Gasteiger charge is 2.38.